The van der Waals surface area contributed by atoms with Crippen LogP contribution in [0.4, 0.5) is 0 Å². The molecule has 2 nitrogen and oxygen atoms in total. The third-order valence-electron chi connectivity index (χ3n) is 2.30. The molecule has 1 aliphatic carbocycles. The molecule has 0 aromatic carbocycles. The predicted molar refractivity (Wildman–Crippen MR) is 49.6 cm³/mol. The second-order valence-electron chi connectivity index (χ2n) is 4.67. The molecule has 1 saturated carbocycles. The zero-order chi connectivity index (χ0) is 9.19. The van der Waals surface area contributed by atoms with Crippen LogP contribution < -0.4 is 5.32 Å². The van der Waals surface area contributed by atoms with Crippen LogP contribution in [0.2, 0.25) is 0 Å². The van der Waals surface area contributed by atoms with E-state index >= 15 is 0 Å². The van der Waals surface area contributed by atoms with E-state index in [1.807, 2.05) is 0 Å². The summed E-state index contributed by atoms with van der Waals surface area (Å²) in [6.45, 7) is 6.46. The highest BCUT2D eigenvalue weighted by Gasteiger charge is 2.29. The molecule has 0 aromatic heterocycles. The third kappa shape index (κ3) is 2.49. The van der Waals surface area contributed by atoms with Gasteiger partial charge in [0.05, 0.1) is 12.0 Å². The van der Waals surface area contributed by atoms with Gasteiger partial charge in [-0.3, -0.25) is 0 Å². The Hall–Kier alpha value is -0.550. The highest BCUT2D eigenvalue weighted by Crippen LogP contribution is 2.26. The van der Waals surface area contributed by atoms with E-state index in [0.717, 1.165) is 12.8 Å². The summed E-state index contributed by atoms with van der Waals surface area (Å²) in [7, 11) is 0. The van der Waals surface area contributed by atoms with Crippen LogP contribution in [0.5, 0.6) is 0 Å². The molecule has 0 radical (unpaired) electrons. The maximum Gasteiger partial charge on any atom is 0.0672 e. The number of rotatable bonds is 1. The lowest BCUT2D eigenvalue weighted by Gasteiger charge is -2.27. The van der Waals surface area contributed by atoms with Gasteiger partial charge in [-0.2, -0.15) is 5.26 Å². The van der Waals surface area contributed by atoms with E-state index in [0.29, 0.717) is 6.04 Å². The lowest BCUT2D eigenvalue weighted by Crippen LogP contribution is -2.45. The lowest BCUT2D eigenvalue weighted by atomic mass is 10.0. The van der Waals surface area contributed by atoms with Gasteiger partial charge in [0.25, 0.3) is 0 Å². The van der Waals surface area contributed by atoms with Crippen LogP contribution in [0.25, 0.3) is 0 Å². The van der Waals surface area contributed by atoms with Gasteiger partial charge in [-0.05, 0) is 33.6 Å². The summed E-state index contributed by atoms with van der Waals surface area (Å²) in [5.74, 6) is 0.240. The fourth-order valence-corrected chi connectivity index (χ4v) is 1.84. The SMILES string of the molecule is CC(C)(C)NC1CCCC1C#N. The van der Waals surface area contributed by atoms with Gasteiger partial charge >= 0.3 is 0 Å². The second-order valence-corrected chi connectivity index (χ2v) is 4.67. The molecule has 0 amide bonds. The van der Waals surface area contributed by atoms with Crippen molar-refractivity contribution in [3.63, 3.8) is 0 Å². The van der Waals surface area contributed by atoms with E-state index < -0.39 is 0 Å². The Morgan fingerprint density at radius 3 is 2.50 bits per heavy atom. The highest BCUT2D eigenvalue weighted by atomic mass is 15.0. The van der Waals surface area contributed by atoms with E-state index in [2.05, 4.69) is 32.2 Å². The molecular formula is C10H18N2. The van der Waals surface area contributed by atoms with Gasteiger partial charge in [-0.25, -0.2) is 0 Å². The lowest BCUT2D eigenvalue weighted by molar-refractivity contribution is 0.336. The molecule has 0 bridgehead atoms. The molecular weight excluding hydrogens is 148 g/mol. The van der Waals surface area contributed by atoms with Crippen LogP contribution in [-0.4, -0.2) is 11.6 Å². The van der Waals surface area contributed by atoms with E-state index in [4.69, 9.17) is 5.26 Å². The minimum Gasteiger partial charge on any atom is -0.308 e. The Kier molecular flexibility index (Phi) is 2.74. The summed E-state index contributed by atoms with van der Waals surface area (Å²) < 4.78 is 0. The molecule has 68 valence electrons. The molecule has 1 aliphatic rings. The smallest absolute Gasteiger partial charge is 0.0672 e. The van der Waals surface area contributed by atoms with Crippen LogP contribution in [0, 0.1) is 17.2 Å². The molecule has 1 fully saturated rings. The van der Waals surface area contributed by atoms with E-state index in [-0.39, 0.29) is 11.5 Å². The van der Waals surface area contributed by atoms with E-state index in [1.165, 1.54) is 6.42 Å². The maximum atomic E-state index is 8.84. The summed E-state index contributed by atoms with van der Waals surface area (Å²) in [6, 6.07) is 2.80. The zero-order valence-electron chi connectivity index (χ0n) is 8.22. The topological polar surface area (TPSA) is 35.8 Å². The van der Waals surface area contributed by atoms with Crippen LogP contribution >= 0.6 is 0 Å². The second kappa shape index (κ2) is 3.45. The maximum absolute atomic E-state index is 8.84. The van der Waals surface area contributed by atoms with Crippen molar-refractivity contribution in [2.45, 2.75) is 51.6 Å². The van der Waals surface area contributed by atoms with Crippen LogP contribution in [0.15, 0.2) is 0 Å². The molecule has 0 aliphatic heterocycles. The number of nitrogens with one attached hydrogen (secondary N) is 1. The molecule has 0 aromatic rings. The summed E-state index contributed by atoms with van der Waals surface area (Å²) in [4.78, 5) is 0. The fourth-order valence-electron chi connectivity index (χ4n) is 1.84. The van der Waals surface area contributed by atoms with Crippen LogP contribution in [0.3, 0.4) is 0 Å². The van der Waals surface area contributed by atoms with Gasteiger partial charge in [0.2, 0.25) is 0 Å². The number of nitrogens with zero attached hydrogens (tertiary/aromatic N) is 1. The van der Waals surface area contributed by atoms with Gasteiger partial charge < -0.3 is 5.32 Å². The molecule has 1 N–H and O–H groups in total. The minimum atomic E-state index is 0.143. The molecule has 0 heterocycles. The van der Waals surface area contributed by atoms with Gasteiger partial charge in [0.15, 0.2) is 0 Å². The fraction of sp³-hybridized carbons (Fsp3) is 0.900. The first-order valence-corrected chi connectivity index (χ1v) is 4.70. The van der Waals surface area contributed by atoms with Crippen molar-refractivity contribution in [3.05, 3.63) is 0 Å². The van der Waals surface area contributed by atoms with Crippen molar-refractivity contribution < 1.29 is 0 Å². The Bertz CT molecular complexity index is 185. The standard InChI is InChI=1S/C10H18N2/c1-10(2,3)12-9-6-4-5-8(9)7-11/h8-9,12H,4-6H2,1-3H3. The molecule has 2 heteroatoms. The first-order chi connectivity index (χ1) is 5.53. The predicted octanol–water partition coefficient (Wildman–Crippen LogP) is 2.07. The van der Waals surface area contributed by atoms with Crippen molar-refractivity contribution in [1.29, 1.82) is 5.26 Å². The summed E-state index contributed by atoms with van der Waals surface area (Å²) in [6.07, 6.45) is 3.44. The first-order valence-electron chi connectivity index (χ1n) is 4.70. The van der Waals surface area contributed by atoms with Gasteiger partial charge in [-0.15, -0.1) is 0 Å². The minimum absolute atomic E-state index is 0.143. The molecule has 2 atom stereocenters. The summed E-state index contributed by atoms with van der Waals surface area (Å²) in [5.41, 5.74) is 0.143. The summed E-state index contributed by atoms with van der Waals surface area (Å²) >= 11 is 0. The van der Waals surface area contributed by atoms with E-state index in [1.54, 1.807) is 0 Å². The van der Waals surface area contributed by atoms with Crippen molar-refractivity contribution in [2.75, 3.05) is 0 Å². The molecule has 2 unspecified atom stereocenters. The highest BCUT2D eigenvalue weighted by molar-refractivity contribution is 4.98. The van der Waals surface area contributed by atoms with Gasteiger partial charge in [0.1, 0.15) is 0 Å². The molecule has 12 heavy (non-hydrogen) atoms. The molecule has 1 rings (SSSR count). The molecule has 0 saturated heterocycles. The summed E-state index contributed by atoms with van der Waals surface area (Å²) in [5, 5.41) is 12.3. The molecule has 0 spiro atoms. The third-order valence-corrected chi connectivity index (χ3v) is 2.30. The average Bonchev–Trinajstić information content (AvgIpc) is 2.31. The Labute approximate surface area is 75.0 Å². The number of hydrogen-bond acceptors (Lipinski definition) is 2. The van der Waals surface area contributed by atoms with Crippen molar-refractivity contribution in [3.8, 4) is 6.07 Å². The Morgan fingerprint density at radius 1 is 1.33 bits per heavy atom. The first kappa shape index (κ1) is 9.54. The average molecular weight is 166 g/mol. The van der Waals surface area contributed by atoms with Crippen LogP contribution in [-0.2, 0) is 0 Å². The van der Waals surface area contributed by atoms with Gasteiger partial charge in [0, 0.05) is 11.6 Å². The quantitative estimate of drug-likeness (QED) is 0.647. The van der Waals surface area contributed by atoms with Crippen molar-refractivity contribution in [1.82, 2.24) is 5.32 Å². The largest absolute Gasteiger partial charge is 0.308 e. The van der Waals surface area contributed by atoms with Crippen molar-refractivity contribution >= 4 is 0 Å². The number of hydrogen-bond donors (Lipinski definition) is 1. The Balaban J connectivity index is 2.48. The monoisotopic (exact) mass is 166 g/mol. The Morgan fingerprint density at radius 2 is 2.00 bits per heavy atom. The number of nitriles is 1. The van der Waals surface area contributed by atoms with Crippen LogP contribution in [0.1, 0.15) is 40.0 Å². The van der Waals surface area contributed by atoms with Crippen molar-refractivity contribution in [2.24, 2.45) is 5.92 Å². The normalized spacial score (nSPS) is 30.2. The van der Waals surface area contributed by atoms with Gasteiger partial charge in [-0.1, -0.05) is 6.42 Å². The van der Waals surface area contributed by atoms with E-state index in [9.17, 15) is 0 Å². The zero-order valence-corrected chi connectivity index (χ0v) is 8.22.